The Hall–Kier alpha value is -1.47. The van der Waals surface area contributed by atoms with Crippen molar-refractivity contribution in [2.45, 2.75) is 6.54 Å². The molecule has 0 fully saturated rings. The van der Waals surface area contributed by atoms with Gasteiger partial charge in [-0.3, -0.25) is 10.1 Å². The third kappa shape index (κ3) is 3.34. The maximum atomic E-state index is 13.5. The Morgan fingerprint density at radius 2 is 1.85 bits per heavy atom. The fraction of sp³-hybridized carbons (Fsp3) is 0.0769. The van der Waals surface area contributed by atoms with Gasteiger partial charge in [0.05, 0.1) is 10.6 Å². The van der Waals surface area contributed by atoms with Crippen molar-refractivity contribution in [1.29, 1.82) is 0 Å². The highest BCUT2D eigenvalue weighted by atomic mass is 79.9. The summed E-state index contributed by atoms with van der Waals surface area (Å²) in [7, 11) is 0. The van der Waals surface area contributed by atoms with Crippen LogP contribution in [-0.4, -0.2) is 4.92 Å². The zero-order valence-corrected chi connectivity index (χ0v) is 13.2. The summed E-state index contributed by atoms with van der Waals surface area (Å²) < 4.78 is 15.2. The third-order valence-corrected chi connectivity index (χ3v) is 3.96. The Bertz CT molecular complexity index is 645. The van der Waals surface area contributed by atoms with Crippen molar-refractivity contribution in [2.24, 2.45) is 0 Å². The van der Waals surface area contributed by atoms with E-state index in [0.29, 0.717) is 12.1 Å². The number of rotatable bonds is 4. The van der Waals surface area contributed by atoms with Crippen molar-refractivity contribution < 1.29 is 9.31 Å². The molecule has 104 valence electrons. The minimum absolute atomic E-state index is 0.357. The Balaban J connectivity index is 2.16. The maximum Gasteiger partial charge on any atom is 0.304 e. The normalized spacial score (nSPS) is 10.3. The van der Waals surface area contributed by atoms with Crippen LogP contribution in [0.4, 0.5) is 15.8 Å². The van der Waals surface area contributed by atoms with Crippen LogP contribution in [0.2, 0.25) is 0 Å². The summed E-state index contributed by atoms with van der Waals surface area (Å²) >= 11 is 6.82. The van der Waals surface area contributed by atoms with Crippen LogP contribution in [0.15, 0.2) is 45.3 Å². The quantitative estimate of drug-likeness (QED) is 0.585. The fourth-order valence-corrected chi connectivity index (χ4v) is 2.94. The standard InChI is InChI=1S/C13H9Br2FN2O2/c14-9-2-1-3-10(15)13(9)17-7-8-4-5-12(18(19)20)11(16)6-8/h1-6,17H,7H2. The first-order chi connectivity index (χ1) is 9.49. The molecule has 20 heavy (non-hydrogen) atoms. The second-order valence-corrected chi connectivity index (χ2v) is 5.70. The summed E-state index contributed by atoms with van der Waals surface area (Å²) in [5, 5.41) is 13.7. The SMILES string of the molecule is O=[N+]([O-])c1ccc(CNc2c(Br)cccc2Br)cc1F. The van der Waals surface area contributed by atoms with Gasteiger partial charge in [0.15, 0.2) is 0 Å². The average molecular weight is 404 g/mol. The molecule has 7 heteroatoms. The molecule has 2 aromatic carbocycles. The van der Waals surface area contributed by atoms with E-state index in [9.17, 15) is 14.5 Å². The van der Waals surface area contributed by atoms with Gasteiger partial charge in [-0.05, 0) is 55.6 Å². The monoisotopic (exact) mass is 402 g/mol. The number of benzene rings is 2. The number of para-hydroxylation sites is 1. The molecule has 0 heterocycles. The predicted molar refractivity (Wildman–Crippen MR) is 82.2 cm³/mol. The summed E-state index contributed by atoms with van der Waals surface area (Å²) in [4.78, 5) is 9.80. The van der Waals surface area contributed by atoms with Gasteiger partial charge in [0.25, 0.3) is 0 Å². The number of nitrogens with zero attached hydrogens (tertiary/aromatic N) is 1. The molecule has 0 radical (unpaired) electrons. The number of anilines is 1. The molecule has 0 amide bonds. The van der Waals surface area contributed by atoms with E-state index in [1.807, 2.05) is 18.2 Å². The zero-order chi connectivity index (χ0) is 14.7. The van der Waals surface area contributed by atoms with Gasteiger partial charge in [-0.15, -0.1) is 0 Å². The maximum absolute atomic E-state index is 13.5. The molecular formula is C13H9Br2FN2O2. The van der Waals surface area contributed by atoms with Gasteiger partial charge in [0, 0.05) is 21.6 Å². The lowest BCUT2D eigenvalue weighted by atomic mass is 10.2. The summed E-state index contributed by atoms with van der Waals surface area (Å²) in [6, 6.07) is 9.49. The third-order valence-electron chi connectivity index (χ3n) is 2.64. The highest BCUT2D eigenvalue weighted by molar-refractivity contribution is 9.11. The number of hydrogen-bond donors (Lipinski definition) is 1. The molecular weight excluding hydrogens is 395 g/mol. The first-order valence-electron chi connectivity index (χ1n) is 5.59. The van der Waals surface area contributed by atoms with Crippen LogP contribution in [0.25, 0.3) is 0 Å². The Morgan fingerprint density at radius 3 is 2.40 bits per heavy atom. The molecule has 0 spiro atoms. The number of nitro benzene ring substituents is 1. The molecule has 0 bridgehead atoms. The van der Waals surface area contributed by atoms with Crippen molar-refractivity contribution in [3.8, 4) is 0 Å². The first-order valence-corrected chi connectivity index (χ1v) is 7.18. The molecule has 0 aromatic heterocycles. The Morgan fingerprint density at radius 1 is 1.20 bits per heavy atom. The molecule has 0 aliphatic carbocycles. The van der Waals surface area contributed by atoms with E-state index in [0.717, 1.165) is 20.7 Å². The molecule has 2 aromatic rings. The fourth-order valence-electron chi connectivity index (χ4n) is 1.67. The van der Waals surface area contributed by atoms with E-state index in [-0.39, 0.29) is 0 Å². The van der Waals surface area contributed by atoms with Crippen molar-refractivity contribution in [3.63, 3.8) is 0 Å². The lowest BCUT2D eigenvalue weighted by Gasteiger charge is -2.10. The van der Waals surface area contributed by atoms with E-state index in [1.54, 1.807) is 0 Å². The van der Waals surface area contributed by atoms with Gasteiger partial charge in [-0.2, -0.15) is 4.39 Å². The van der Waals surface area contributed by atoms with E-state index >= 15 is 0 Å². The molecule has 0 aliphatic heterocycles. The summed E-state index contributed by atoms with van der Waals surface area (Å²) in [6.45, 7) is 0.357. The van der Waals surface area contributed by atoms with Crippen LogP contribution >= 0.6 is 31.9 Å². The van der Waals surface area contributed by atoms with Gasteiger partial charge in [-0.25, -0.2) is 0 Å². The van der Waals surface area contributed by atoms with Crippen molar-refractivity contribution in [2.75, 3.05) is 5.32 Å². The highest BCUT2D eigenvalue weighted by Gasteiger charge is 2.13. The van der Waals surface area contributed by atoms with Crippen LogP contribution in [0, 0.1) is 15.9 Å². The van der Waals surface area contributed by atoms with E-state index in [1.165, 1.54) is 12.1 Å². The number of nitro groups is 1. The average Bonchev–Trinajstić information content (AvgIpc) is 2.37. The van der Waals surface area contributed by atoms with Crippen LogP contribution < -0.4 is 5.32 Å². The van der Waals surface area contributed by atoms with Crippen LogP contribution in [0.5, 0.6) is 0 Å². The second-order valence-electron chi connectivity index (χ2n) is 3.99. The highest BCUT2D eigenvalue weighted by Crippen LogP contribution is 2.31. The molecule has 0 atom stereocenters. The zero-order valence-electron chi connectivity index (χ0n) is 10.1. The van der Waals surface area contributed by atoms with Crippen molar-refractivity contribution in [1.82, 2.24) is 0 Å². The van der Waals surface area contributed by atoms with Gasteiger partial charge in [0.2, 0.25) is 5.82 Å². The minimum atomic E-state index is -0.833. The molecule has 0 unspecified atom stereocenters. The predicted octanol–water partition coefficient (Wildman–Crippen LogP) is 4.87. The first kappa shape index (κ1) is 14.9. The molecule has 1 N–H and O–H groups in total. The largest absolute Gasteiger partial charge is 0.379 e. The molecule has 0 saturated heterocycles. The summed E-state index contributed by atoms with van der Waals surface area (Å²) in [6.07, 6.45) is 0. The van der Waals surface area contributed by atoms with E-state index in [2.05, 4.69) is 37.2 Å². The Labute approximate surface area is 131 Å². The second kappa shape index (κ2) is 6.32. The lowest BCUT2D eigenvalue weighted by Crippen LogP contribution is -2.02. The van der Waals surface area contributed by atoms with Gasteiger partial charge in [0.1, 0.15) is 0 Å². The molecule has 0 aliphatic rings. The Kier molecular flexibility index (Phi) is 4.72. The summed E-state index contributed by atoms with van der Waals surface area (Å²) in [5.41, 5.74) is 0.942. The van der Waals surface area contributed by atoms with Gasteiger partial charge >= 0.3 is 5.69 Å². The van der Waals surface area contributed by atoms with Crippen LogP contribution in [0.1, 0.15) is 5.56 Å². The number of hydrogen-bond acceptors (Lipinski definition) is 3. The van der Waals surface area contributed by atoms with Gasteiger partial charge < -0.3 is 5.32 Å². The van der Waals surface area contributed by atoms with E-state index < -0.39 is 16.4 Å². The molecule has 4 nitrogen and oxygen atoms in total. The topological polar surface area (TPSA) is 55.2 Å². The number of nitrogens with one attached hydrogen (secondary N) is 1. The van der Waals surface area contributed by atoms with Crippen molar-refractivity contribution in [3.05, 3.63) is 66.8 Å². The summed E-state index contributed by atoms with van der Waals surface area (Å²) in [5.74, 6) is -0.833. The smallest absolute Gasteiger partial charge is 0.304 e. The molecule has 0 saturated carbocycles. The number of halogens is 3. The van der Waals surface area contributed by atoms with Gasteiger partial charge in [-0.1, -0.05) is 12.1 Å². The van der Waals surface area contributed by atoms with E-state index in [4.69, 9.17) is 0 Å². The van der Waals surface area contributed by atoms with Crippen LogP contribution in [-0.2, 0) is 6.54 Å². The van der Waals surface area contributed by atoms with Crippen LogP contribution in [0.3, 0.4) is 0 Å². The molecule has 2 rings (SSSR count). The lowest BCUT2D eigenvalue weighted by molar-refractivity contribution is -0.387. The minimum Gasteiger partial charge on any atom is -0.379 e. The van der Waals surface area contributed by atoms with Crippen molar-refractivity contribution >= 4 is 43.2 Å².